The van der Waals surface area contributed by atoms with E-state index in [4.69, 9.17) is 0 Å². The van der Waals surface area contributed by atoms with Gasteiger partial charge < -0.3 is 15.1 Å². The van der Waals surface area contributed by atoms with Gasteiger partial charge in [0.1, 0.15) is 0 Å². The summed E-state index contributed by atoms with van der Waals surface area (Å²) in [6.45, 7) is 8.64. The van der Waals surface area contributed by atoms with E-state index < -0.39 is 0 Å². The Kier molecular flexibility index (Phi) is 6.56. The number of hydrogen-bond acceptors (Lipinski definition) is 4. The van der Waals surface area contributed by atoms with Gasteiger partial charge in [-0.05, 0) is 32.7 Å². The Morgan fingerprint density at radius 3 is 2.19 bits per heavy atom. The summed E-state index contributed by atoms with van der Waals surface area (Å²) in [6, 6.07) is 0. The van der Waals surface area contributed by atoms with Crippen molar-refractivity contribution in [2.75, 3.05) is 52.9 Å². The highest BCUT2D eigenvalue weighted by atomic mass is 16.2. The molecule has 2 heterocycles. The van der Waals surface area contributed by atoms with Crippen LogP contribution in [0.2, 0.25) is 0 Å². The normalized spacial score (nSPS) is 25.4. The maximum Gasteiger partial charge on any atom is 0.223 e. The average molecular weight is 365 g/mol. The molecule has 0 bridgehead atoms. The molecule has 3 aliphatic rings. The molecule has 26 heavy (non-hydrogen) atoms. The first-order valence-corrected chi connectivity index (χ1v) is 10.5. The lowest BCUT2D eigenvalue weighted by molar-refractivity contribution is -0.135. The molecule has 2 aliphatic heterocycles. The van der Waals surface area contributed by atoms with Gasteiger partial charge in [0, 0.05) is 63.7 Å². The van der Waals surface area contributed by atoms with Crippen LogP contribution < -0.4 is 5.32 Å². The summed E-state index contributed by atoms with van der Waals surface area (Å²) in [5.74, 6) is 0.486. The molecule has 2 saturated heterocycles. The van der Waals surface area contributed by atoms with E-state index in [0.29, 0.717) is 6.42 Å². The van der Waals surface area contributed by atoms with Gasteiger partial charge in [0.25, 0.3) is 0 Å². The van der Waals surface area contributed by atoms with Crippen LogP contribution in [0.4, 0.5) is 0 Å². The fourth-order valence-corrected chi connectivity index (χ4v) is 4.93. The molecule has 3 rings (SSSR count). The molecule has 0 atom stereocenters. The largest absolute Gasteiger partial charge is 0.354 e. The quantitative estimate of drug-likeness (QED) is 0.799. The van der Waals surface area contributed by atoms with Gasteiger partial charge in [0.15, 0.2) is 0 Å². The third-order valence-electron chi connectivity index (χ3n) is 6.82. The lowest BCUT2D eigenvalue weighted by Crippen LogP contribution is -2.60. The van der Waals surface area contributed by atoms with Crippen LogP contribution in [-0.4, -0.2) is 84.9 Å². The van der Waals surface area contributed by atoms with Crippen LogP contribution in [0.25, 0.3) is 0 Å². The molecule has 1 aliphatic carbocycles. The minimum atomic E-state index is 0.0712. The van der Waals surface area contributed by atoms with Gasteiger partial charge >= 0.3 is 0 Å². The van der Waals surface area contributed by atoms with Gasteiger partial charge in [-0.2, -0.15) is 0 Å². The minimum absolute atomic E-state index is 0.0712. The molecule has 1 saturated carbocycles. The number of nitrogens with one attached hydrogen (secondary N) is 1. The zero-order chi connectivity index (χ0) is 18.6. The van der Waals surface area contributed by atoms with Crippen molar-refractivity contribution in [1.29, 1.82) is 0 Å². The summed E-state index contributed by atoms with van der Waals surface area (Å²) in [7, 11) is 2.19. The lowest BCUT2D eigenvalue weighted by Gasteiger charge is -2.45. The van der Waals surface area contributed by atoms with E-state index in [-0.39, 0.29) is 23.3 Å². The Hall–Kier alpha value is -1.14. The second-order valence-corrected chi connectivity index (χ2v) is 8.45. The molecule has 0 aromatic carbocycles. The van der Waals surface area contributed by atoms with Crippen molar-refractivity contribution in [2.45, 2.75) is 57.4 Å². The first kappa shape index (κ1) is 19.6. The number of amides is 2. The minimum Gasteiger partial charge on any atom is -0.354 e. The number of hydrogen-bond donors (Lipinski definition) is 1. The highest BCUT2D eigenvalue weighted by Crippen LogP contribution is 2.35. The number of nitrogens with zero attached hydrogens (tertiary/aromatic N) is 3. The summed E-state index contributed by atoms with van der Waals surface area (Å²) in [6.07, 6.45) is 7.14. The van der Waals surface area contributed by atoms with Crippen molar-refractivity contribution in [1.82, 2.24) is 20.0 Å². The first-order valence-electron chi connectivity index (χ1n) is 10.5. The molecule has 6 heteroatoms. The smallest absolute Gasteiger partial charge is 0.223 e. The summed E-state index contributed by atoms with van der Waals surface area (Å²) in [4.78, 5) is 31.5. The number of likely N-dealkylation sites (tertiary alicyclic amines) is 1. The molecule has 6 nitrogen and oxygen atoms in total. The first-order chi connectivity index (χ1) is 12.5. The van der Waals surface area contributed by atoms with Crippen LogP contribution in [0.5, 0.6) is 0 Å². The fourth-order valence-electron chi connectivity index (χ4n) is 4.93. The Morgan fingerprint density at radius 1 is 1.00 bits per heavy atom. The van der Waals surface area contributed by atoms with Crippen LogP contribution in [-0.2, 0) is 9.59 Å². The molecule has 0 spiro atoms. The molecule has 0 aromatic heterocycles. The van der Waals surface area contributed by atoms with Crippen molar-refractivity contribution in [3.05, 3.63) is 0 Å². The van der Waals surface area contributed by atoms with Crippen LogP contribution in [0.1, 0.15) is 51.9 Å². The standard InChI is InChI=1S/C20H36N4O2/c1-3-18(25)23-10-6-17(7-11-23)19(26)21-16-20(8-4-5-9-20)24-14-12-22(2)13-15-24/h17H,3-16H2,1-2H3,(H,21,26). The topological polar surface area (TPSA) is 55.9 Å². The summed E-state index contributed by atoms with van der Waals surface area (Å²) in [5, 5.41) is 3.30. The maximum atomic E-state index is 12.7. The zero-order valence-corrected chi connectivity index (χ0v) is 16.6. The third-order valence-corrected chi connectivity index (χ3v) is 6.82. The number of carbonyl (C=O) groups is 2. The Bertz CT molecular complexity index is 488. The van der Waals surface area contributed by atoms with Gasteiger partial charge in [0.05, 0.1) is 0 Å². The molecule has 2 amide bonds. The van der Waals surface area contributed by atoms with E-state index in [1.807, 2.05) is 11.8 Å². The lowest BCUT2D eigenvalue weighted by atomic mass is 9.92. The molecule has 0 radical (unpaired) electrons. The van der Waals surface area contributed by atoms with Crippen molar-refractivity contribution < 1.29 is 9.59 Å². The molecular weight excluding hydrogens is 328 g/mol. The van der Waals surface area contributed by atoms with Crippen LogP contribution in [0.3, 0.4) is 0 Å². The molecule has 0 unspecified atom stereocenters. The molecule has 3 fully saturated rings. The monoisotopic (exact) mass is 364 g/mol. The summed E-state index contributed by atoms with van der Waals surface area (Å²) < 4.78 is 0. The van der Waals surface area contributed by atoms with Gasteiger partial charge in [-0.15, -0.1) is 0 Å². The second-order valence-electron chi connectivity index (χ2n) is 8.45. The van der Waals surface area contributed by atoms with Crippen LogP contribution in [0.15, 0.2) is 0 Å². The molecule has 1 N–H and O–H groups in total. The number of carbonyl (C=O) groups excluding carboxylic acids is 2. The van der Waals surface area contributed by atoms with Crippen LogP contribution in [0, 0.1) is 5.92 Å². The molecule has 148 valence electrons. The van der Waals surface area contributed by atoms with E-state index in [9.17, 15) is 9.59 Å². The number of likely N-dealkylation sites (N-methyl/N-ethyl adjacent to an activating group) is 1. The molecular formula is C20H36N4O2. The van der Waals surface area contributed by atoms with Gasteiger partial charge in [-0.25, -0.2) is 0 Å². The average Bonchev–Trinajstić information content (AvgIpc) is 3.16. The summed E-state index contributed by atoms with van der Waals surface area (Å²) >= 11 is 0. The predicted octanol–water partition coefficient (Wildman–Crippen LogP) is 1.31. The Balaban J connectivity index is 1.50. The summed E-state index contributed by atoms with van der Waals surface area (Å²) in [5.41, 5.74) is 0.176. The predicted molar refractivity (Wildman–Crippen MR) is 103 cm³/mol. The zero-order valence-electron chi connectivity index (χ0n) is 16.6. The van der Waals surface area contributed by atoms with E-state index in [1.54, 1.807) is 0 Å². The SMILES string of the molecule is CCC(=O)N1CCC(C(=O)NCC2(N3CCN(C)CC3)CCCC2)CC1. The maximum absolute atomic E-state index is 12.7. The van der Waals surface area contributed by atoms with Crippen molar-refractivity contribution in [3.8, 4) is 0 Å². The third kappa shape index (κ3) is 4.39. The Labute approximate surface area is 158 Å². The van der Waals surface area contributed by atoms with Crippen molar-refractivity contribution in [3.63, 3.8) is 0 Å². The highest BCUT2D eigenvalue weighted by molar-refractivity contribution is 5.80. The van der Waals surface area contributed by atoms with E-state index in [1.165, 1.54) is 25.7 Å². The van der Waals surface area contributed by atoms with Crippen molar-refractivity contribution in [2.24, 2.45) is 5.92 Å². The van der Waals surface area contributed by atoms with Crippen molar-refractivity contribution >= 4 is 11.8 Å². The number of piperidine rings is 1. The van der Waals surface area contributed by atoms with Gasteiger partial charge in [0.2, 0.25) is 11.8 Å². The fraction of sp³-hybridized carbons (Fsp3) is 0.900. The number of piperazine rings is 1. The second kappa shape index (κ2) is 8.70. The van der Waals surface area contributed by atoms with Gasteiger partial charge in [-0.3, -0.25) is 14.5 Å². The Morgan fingerprint density at radius 2 is 1.62 bits per heavy atom. The highest BCUT2D eigenvalue weighted by Gasteiger charge is 2.41. The van der Waals surface area contributed by atoms with E-state index in [2.05, 4.69) is 22.2 Å². The molecule has 0 aromatic rings. The van der Waals surface area contributed by atoms with E-state index >= 15 is 0 Å². The van der Waals surface area contributed by atoms with E-state index in [0.717, 1.165) is 58.7 Å². The van der Waals surface area contributed by atoms with Crippen LogP contribution >= 0.6 is 0 Å². The van der Waals surface area contributed by atoms with Gasteiger partial charge in [-0.1, -0.05) is 19.8 Å². The number of rotatable bonds is 5.